The van der Waals surface area contributed by atoms with Gasteiger partial charge in [0, 0.05) is 17.1 Å². The van der Waals surface area contributed by atoms with E-state index < -0.39 is 0 Å². The zero-order valence-electron chi connectivity index (χ0n) is 2.83. The van der Waals surface area contributed by atoms with Crippen LogP contribution in [0.25, 0.3) is 0 Å². The van der Waals surface area contributed by atoms with E-state index in [1.54, 1.807) is 0 Å². The quantitative estimate of drug-likeness (QED) is 0.504. The molecule has 1 radical (unpaired) electrons. The molecule has 0 aromatic carbocycles. The first-order chi connectivity index (χ1) is 0. The maximum Gasteiger partial charge on any atom is 0 e. The van der Waals surface area contributed by atoms with Gasteiger partial charge in [-0.3, -0.25) is 0 Å². The second-order valence-corrected chi connectivity index (χ2v) is 0. The maximum absolute atomic E-state index is 0. The Hall–Kier alpha value is 0.979. The van der Waals surface area contributed by atoms with Crippen LogP contribution in [0.2, 0.25) is 0 Å². The van der Waals surface area contributed by atoms with Gasteiger partial charge in [0.25, 0.3) is 0 Å². The molecule has 6 heavy (non-hydrogen) atoms. The van der Waals surface area contributed by atoms with Crippen molar-refractivity contribution >= 4 is 24.8 Å². The summed E-state index contributed by atoms with van der Waals surface area (Å²) < 4.78 is 0. The minimum absolute atomic E-state index is 0. The molecule has 0 amide bonds. The summed E-state index contributed by atoms with van der Waals surface area (Å²) in [5.74, 6) is 0. The van der Waals surface area contributed by atoms with E-state index in [0.29, 0.717) is 0 Å². The van der Waals surface area contributed by atoms with Gasteiger partial charge in [0.2, 0.25) is 0 Å². The van der Waals surface area contributed by atoms with Crippen LogP contribution in [-0.2, 0) is 17.1 Å². The fourth-order valence-electron chi connectivity index (χ4n) is 0. The summed E-state index contributed by atoms with van der Waals surface area (Å²) in [6.07, 6.45) is 0. The Morgan fingerprint density at radius 1 is 0.667 bits per heavy atom. The number of hydrogen-bond acceptors (Lipinski definition) is 1. The van der Waals surface area contributed by atoms with Crippen LogP contribution in [-0.4, -0.2) is 11.0 Å². The Morgan fingerprint density at radius 3 is 0.667 bits per heavy atom. The van der Waals surface area contributed by atoms with Gasteiger partial charge in [0.15, 0.2) is 0 Å². The second-order valence-electron chi connectivity index (χ2n) is 0. The van der Waals surface area contributed by atoms with Gasteiger partial charge >= 0.3 is 0 Å². The summed E-state index contributed by atoms with van der Waals surface area (Å²) >= 11 is 0. The zero-order chi connectivity index (χ0) is 0. The summed E-state index contributed by atoms with van der Waals surface area (Å²) in [7, 11) is 0. The molecule has 0 aromatic rings. The molecule has 0 aliphatic rings. The largest absolute Gasteiger partial charge is 0.412 e. The van der Waals surface area contributed by atoms with E-state index in [9.17, 15) is 0 Å². The van der Waals surface area contributed by atoms with Crippen molar-refractivity contribution in [1.29, 1.82) is 0 Å². The molecule has 0 spiro atoms. The van der Waals surface area contributed by atoms with Gasteiger partial charge in [0.1, 0.15) is 0 Å². The summed E-state index contributed by atoms with van der Waals surface area (Å²) in [5, 5.41) is 0. The van der Waals surface area contributed by atoms with Crippen molar-refractivity contribution in [2.24, 2.45) is 0 Å². The molecule has 0 aliphatic carbocycles. The van der Waals surface area contributed by atoms with E-state index in [1.165, 1.54) is 0 Å². The first kappa shape index (κ1) is 260. The molecule has 0 atom stereocenters. The van der Waals surface area contributed by atoms with Gasteiger partial charge in [-0.15, -0.1) is 24.8 Å². The van der Waals surface area contributed by atoms with E-state index in [-0.39, 0.29) is 59.0 Å². The average Bonchev–Trinajstić information content (AvgIpc) is 0. The summed E-state index contributed by atoms with van der Waals surface area (Å²) in [4.78, 5) is 0. The first-order valence-electron chi connectivity index (χ1n) is 0. The Kier molecular flexibility index (Phi) is 6700. The van der Waals surface area contributed by atoms with Crippen molar-refractivity contribution < 1.29 is 28.0 Å². The van der Waals surface area contributed by atoms with Crippen LogP contribution in [0.3, 0.4) is 0 Å². The molecule has 7 N–H and O–H groups in total. The molecule has 0 saturated carbocycles. The molecular formula is H9Cl2CuNO2. The van der Waals surface area contributed by atoms with Gasteiger partial charge in [-0.05, 0) is 0 Å². The van der Waals surface area contributed by atoms with Crippen molar-refractivity contribution in [2.75, 3.05) is 0 Å². The molecule has 0 aliphatic heterocycles. The van der Waals surface area contributed by atoms with E-state index in [1.807, 2.05) is 0 Å². The molecular weight excluding hydrogens is 180 g/mol. The van der Waals surface area contributed by atoms with Crippen LogP contribution in [0.1, 0.15) is 0 Å². The number of hydrogen-bond donors (Lipinski definition) is 1. The number of halogens is 2. The van der Waals surface area contributed by atoms with Crippen molar-refractivity contribution in [2.45, 2.75) is 0 Å². The Labute approximate surface area is 59.4 Å². The van der Waals surface area contributed by atoms with Gasteiger partial charge in [-0.2, -0.15) is 0 Å². The first-order valence-corrected chi connectivity index (χ1v) is 0. The van der Waals surface area contributed by atoms with Crippen molar-refractivity contribution in [3.63, 3.8) is 0 Å². The summed E-state index contributed by atoms with van der Waals surface area (Å²) in [6, 6.07) is 0. The summed E-state index contributed by atoms with van der Waals surface area (Å²) in [5.41, 5.74) is 0. The van der Waals surface area contributed by atoms with E-state index in [2.05, 4.69) is 0 Å². The number of rotatable bonds is 0. The molecule has 6 heteroatoms. The fraction of sp³-hybridized carbons (Fsp3) is 0. The SMILES string of the molecule is Cl.Cl.N.O.O.[Cu]. The minimum Gasteiger partial charge on any atom is -0.412 e. The third-order valence-electron chi connectivity index (χ3n) is 0. The van der Waals surface area contributed by atoms with Crippen LogP contribution in [0.4, 0.5) is 0 Å². The Morgan fingerprint density at radius 2 is 0.667 bits per heavy atom. The molecule has 0 heterocycles. The van der Waals surface area contributed by atoms with E-state index in [0.717, 1.165) is 0 Å². The molecule has 51 valence electrons. The van der Waals surface area contributed by atoms with Crippen LogP contribution in [0, 0.1) is 0 Å². The molecule has 0 rings (SSSR count). The van der Waals surface area contributed by atoms with Crippen molar-refractivity contribution in [1.82, 2.24) is 6.15 Å². The monoisotopic (exact) mass is 188 g/mol. The smallest absolute Gasteiger partial charge is 0 e. The van der Waals surface area contributed by atoms with Crippen molar-refractivity contribution in [3.8, 4) is 0 Å². The van der Waals surface area contributed by atoms with E-state index in [4.69, 9.17) is 0 Å². The van der Waals surface area contributed by atoms with Crippen LogP contribution in [0.5, 0.6) is 0 Å². The standard InChI is InChI=1S/2ClH.Cu.H3N.2H2O/h2*1H;;1H3;2*1H2. The molecule has 0 unspecified atom stereocenters. The predicted octanol–water partition coefficient (Wildman–Crippen LogP) is -0.646. The molecule has 0 saturated heterocycles. The zero-order valence-corrected chi connectivity index (χ0v) is 5.40. The van der Waals surface area contributed by atoms with E-state index >= 15 is 0 Å². The normalized spacial score (nSPS) is 0. The average molecular weight is 190 g/mol. The molecule has 0 bridgehead atoms. The third kappa shape index (κ3) is 82.2. The van der Waals surface area contributed by atoms with Crippen LogP contribution < -0.4 is 6.15 Å². The Bertz CT molecular complexity index is 11.5. The third-order valence-corrected chi connectivity index (χ3v) is 0. The summed E-state index contributed by atoms with van der Waals surface area (Å²) in [6.45, 7) is 0. The molecule has 0 fully saturated rings. The van der Waals surface area contributed by atoms with Gasteiger partial charge in [-0.1, -0.05) is 0 Å². The fourth-order valence-corrected chi connectivity index (χ4v) is 0. The van der Waals surface area contributed by atoms with Crippen molar-refractivity contribution in [3.05, 3.63) is 0 Å². The van der Waals surface area contributed by atoms with Crippen LogP contribution >= 0.6 is 24.8 Å². The van der Waals surface area contributed by atoms with Gasteiger partial charge in [0.05, 0.1) is 0 Å². The molecule has 3 nitrogen and oxygen atoms in total. The predicted molar refractivity (Wildman–Crippen MR) is 26.7 cm³/mol. The molecule has 0 aromatic heterocycles. The second kappa shape index (κ2) is 155. The van der Waals surface area contributed by atoms with Gasteiger partial charge in [-0.25, -0.2) is 0 Å². The minimum atomic E-state index is 0. The Balaban J connectivity index is 0. The van der Waals surface area contributed by atoms with Crippen LogP contribution in [0.15, 0.2) is 0 Å². The maximum atomic E-state index is 0. The topological polar surface area (TPSA) is 98.0 Å². The van der Waals surface area contributed by atoms with Gasteiger partial charge < -0.3 is 17.1 Å².